The highest BCUT2D eigenvalue weighted by atomic mass is 16.1. The van der Waals surface area contributed by atoms with Gasteiger partial charge < -0.3 is 0 Å². The molecule has 27 heavy (non-hydrogen) atoms. The van der Waals surface area contributed by atoms with Gasteiger partial charge in [0.05, 0.1) is 0 Å². The quantitative estimate of drug-likeness (QED) is 0.691. The first-order valence-corrected chi connectivity index (χ1v) is 10.5. The number of Topliss-reactive ketones (excluding diaryl/α,β-unsaturated/α-hetero) is 2. The molecule has 0 fully saturated rings. The molecule has 2 heteroatoms. The molecule has 1 spiro atoms. The van der Waals surface area contributed by atoms with Crippen LogP contribution in [0.4, 0.5) is 0 Å². The van der Waals surface area contributed by atoms with E-state index >= 15 is 0 Å². The lowest BCUT2D eigenvalue weighted by atomic mass is 9.80. The van der Waals surface area contributed by atoms with Crippen molar-refractivity contribution in [3.63, 3.8) is 0 Å². The molecule has 136 valence electrons. The summed E-state index contributed by atoms with van der Waals surface area (Å²) >= 11 is 0. The molecular formula is C25H24O2. The molecule has 0 N–H and O–H groups in total. The van der Waals surface area contributed by atoms with Gasteiger partial charge in [-0.2, -0.15) is 0 Å². The number of hydrogen-bond acceptors (Lipinski definition) is 2. The molecule has 4 aliphatic carbocycles. The van der Waals surface area contributed by atoms with Crippen LogP contribution in [0.3, 0.4) is 0 Å². The third kappa shape index (κ3) is 2.25. The smallest absolute Gasteiger partial charge is 0.163 e. The van der Waals surface area contributed by atoms with E-state index < -0.39 is 0 Å². The van der Waals surface area contributed by atoms with Crippen LogP contribution in [0.1, 0.15) is 79.8 Å². The molecule has 0 saturated heterocycles. The van der Waals surface area contributed by atoms with E-state index in [9.17, 15) is 9.59 Å². The maximum atomic E-state index is 12.6. The minimum atomic E-state index is 0.227. The highest BCUT2D eigenvalue weighted by molar-refractivity contribution is 6.00. The number of rotatable bonds is 0. The molecule has 2 aromatic rings. The first-order chi connectivity index (χ1) is 13.1. The lowest BCUT2D eigenvalue weighted by Gasteiger charge is -2.22. The van der Waals surface area contributed by atoms with Crippen LogP contribution >= 0.6 is 0 Å². The van der Waals surface area contributed by atoms with Gasteiger partial charge in [-0.15, -0.1) is 0 Å². The first-order valence-electron chi connectivity index (χ1n) is 10.5. The second-order valence-electron chi connectivity index (χ2n) is 9.28. The molecule has 2 aromatic carbocycles. The summed E-state index contributed by atoms with van der Waals surface area (Å²) in [4.78, 5) is 25.0. The molecule has 0 aliphatic heterocycles. The van der Waals surface area contributed by atoms with E-state index in [0.717, 1.165) is 62.5 Å². The maximum Gasteiger partial charge on any atom is 0.163 e. The van der Waals surface area contributed by atoms with E-state index in [1.165, 1.54) is 33.4 Å². The Morgan fingerprint density at radius 1 is 0.630 bits per heavy atom. The van der Waals surface area contributed by atoms with Crippen LogP contribution in [0.5, 0.6) is 0 Å². The van der Waals surface area contributed by atoms with Crippen LogP contribution in [-0.2, 0) is 38.5 Å². The third-order valence-corrected chi connectivity index (χ3v) is 7.45. The molecule has 2 nitrogen and oxygen atoms in total. The molecule has 0 heterocycles. The van der Waals surface area contributed by atoms with Crippen LogP contribution in [0.2, 0.25) is 0 Å². The van der Waals surface area contributed by atoms with E-state index in [2.05, 4.69) is 24.3 Å². The molecule has 6 rings (SSSR count). The number of aryl methyl sites for hydroxylation is 2. The van der Waals surface area contributed by atoms with Crippen molar-refractivity contribution in [3.8, 4) is 0 Å². The van der Waals surface area contributed by atoms with E-state index in [0.29, 0.717) is 24.4 Å². The highest BCUT2D eigenvalue weighted by Gasteiger charge is 2.44. The molecule has 0 bridgehead atoms. The van der Waals surface area contributed by atoms with E-state index in [1.807, 2.05) is 0 Å². The van der Waals surface area contributed by atoms with Gasteiger partial charge in [0, 0.05) is 24.0 Å². The lowest BCUT2D eigenvalue weighted by Crippen LogP contribution is -2.22. The number of benzene rings is 2. The zero-order valence-corrected chi connectivity index (χ0v) is 15.7. The lowest BCUT2D eigenvalue weighted by molar-refractivity contribution is 0.0963. The monoisotopic (exact) mass is 356 g/mol. The fourth-order valence-corrected chi connectivity index (χ4v) is 6.30. The van der Waals surface area contributed by atoms with Gasteiger partial charge in [0.1, 0.15) is 0 Å². The highest BCUT2D eigenvalue weighted by Crippen LogP contribution is 2.49. The van der Waals surface area contributed by atoms with Gasteiger partial charge in [0.2, 0.25) is 0 Å². The Kier molecular flexibility index (Phi) is 3.16. The standard InChI is InChI=1S/C25H24O2/c26-22-5-2-4-16-9-18-12-25(13-19(18)10-20(16)22)11-17-8-7-15-3-1-6-23(27)24(15)21(17)14-25/h7-10H,1-6,11-14H2/t25-/m0/s1. The van der Waals surface area contributed by atoms with E-state index in [1.54, 1.807) is 0 Å². The molecule has 0 aromatic heterocycles. The SMILES string of the molecule is O=C1CCCc2cc3c(cc21)C[C@@]1(C3)Cc2ccc3c(c2C1)C(=O)CCC3. The average molecular weight is 356 g/mol. The first kappa shape index (κ1) is 15.8. The normalized spacial score (nSPS) is 25.3. The molecule has 0 unspecified atom stereocenters. The van der Waals surface area contributed by atoms with Crippen LogP contribution in [0.15, 0.2) is 24.3 Å². The van der Waals surface area contributed by atoms with Gasteiger partial charge >= 0.3 is 0 Å². The topological polar surface area (TPSA) is 34.1 Å². The molecule has 0 saturated carbocycles. The summed E-state index contributed by atoms with van der Waals surface area (Å²) in [5.41, 5.74) is 10.4. The van der Waals surface area contributed by atoms with Crippen molar-refractivity contribution in [1.82, 2.24) is 0 Å². The average Bonchev–Trinajstić information content (AvgIpc) is 3.18. The Balaban J connectivity index is 1.39. The van der Waals surface area contributed by atoms with Gasteiger partial charge in [-0.25, -0.2) is 0 Å². The van der Waals surface area contributed by atoms with Crippen LogP contribution in [-0.4, -0.2) is 11.6 Å². The van der Waals surface area contributed by atoms with Crippen LogP contribution in [0, 0.1) is 5.41 Å². The maximum absolute atomic E-state index is 12.6. The zero-order valence-electron chi connectivity index (χ0n) is 15.7. The van der Waals surface area contributed by atoms with E-state index in [-0.39, 0.29) is 5.41 Å². The molecule has 0 amide bonds. The minimum Gasteiger partial charge on any atom is -0.294 e. The number of fused-ring (bicyclic) bond motifs is 5. The van der Waals surface area contributed by atoms with Crippen molar-refractivity contribution < 1.29 is 9.59 Å². The molecule has 1 atom stereocenters. The van der Waals surface area contributed by atoms with Gasteiger partial charge in [-0.1, -0.05) is 18.2 Å². The molecular weight excluding hydrogens is 332 g/mol. The fourth-order valence-electron chi connectivity index (χ4n) is 6.30. The Morgan fingerprint density at radius 3 is 2.15 bits per heavy atom. The minimum absolute atomic E-state index is 0.227. The fraction of sp³-hybridized carbons (Fsp3) is 0.440. The van der Waals surface area contributed by atoms with Crippen molar-refractivity contribution >= 4 is 11.6 Å². The van der Waals surface area contributed by atoms with Crippen molar-refractivity contribution in [1.29, 1.82) is 0 Å². The van der Waals surface area contributed by atoms with Crippen molar-refractivity contribution in [2.45, 2.75) is 64.2 Å². The Hall–Kier alpha value is -2.22. The second kappa shape index (κ2) is 5.41. The second-order valence-corrected chi connectivity index (χ2v) is 9.28. The summed E-state index contributed by atoms with van der Waals surface area (Å²) in [6, 6.07) is 9.05. The predicted octanol–water partition coefficient (Wildman–Crippen LogP) is 4.61. The number of hydrogen-bond donors (Lipinski definition) is 0. The zero-order chi connectivity index (χ0) is 18.2. The number of carbonyl (C=O) groups excluding carboxylic acids is 2. The number of carbonyl (C=O) groups is 2. The summed E-state index contributed by atoms with van der Waals surface area (Å²) in [7, 11) is 0. The van der Waals surface area contributed by atoms with Crippen LogP contribution in [0.25, 0.3) is 0 Å². The summed E-state index contributed by atoms with van der Waals surface area (Å²) < 4.78 is 0. The Bertz CT molecular complexity index is 1030. The van der Waals surface area contributed by atoms with Gasteiger partial charge in [-0.3, -0.25) is 9.59 Å². The largest absolute Gasteiger partial charge is 0.294 e. The summed E-state index contributed by atoms with van der Waals surface area (Å²) in [5.74, 6) is 0.691. The number of ketones is 2. The molecule has 0 radical (unpaired) electrons. The van der Waals surface area contributed by atoms with Crippen molar-refractivity contribution in [2.75, 3.05) is 0 Å². The molecule has 4 aliphatic rings. The van der Waals surface area contributed by atoms with E-state index in [4.69, 9.17) is 0 Å². The van der Waals surface area contributed by atoms with Crippen molar-refractivity contribution in [2.24, 2.45) is 5.41 Å². The van der Waals surface area contributed by atoms with Gasteiger partial charge in [-0.05, 0) is 96.2 Å². The Labute approximate surface area is 160 Å². The van der Waals surface area contributed by atoms with Gasteiger partial charge in [0.25, 0.3) is 0 Å². The third-order valence-electron chi connectivity index (χ3n) is 7.45. The van der Waals surface area contributed by atoms with Crippen LogP contribution < -0.4 is 0 Å². The van der Waals surface area contributed by atoms with Crippen molar-refractivity contribution in [3.05, 3.63) is 68.8 Å². The summed E-state index contributed by atoms with van der Waals surface area (Å²) in [6.45, 7) is 0. The van der Waals surface area contributed by atoms with Gasteiger partial charge in [0.15, 0.2) is 11.6 Å². The predicted molar refractivity (Wildman–Crippen MR) is 105 cm³/mol. The summed E-state index contributed by atoms with van der Waals surface area (Å²) in [6.07, 6.45) is 9.78. The Morgan fingerprint density at radius 2 is 1.30 bits per heavy atom. The summed E-state index contributed by atoms with van der Waals surface area (Å²) in [5, 5.41) is 0.